The van der Waals surface area contributed by atoms with Crippen molar-refractivity contribution in [2.45, 2.75) is 19.4 Å². The topological polar surface area (TPSA) is 61.7 Å². The molecule has 0 saturated heterocycles. The molecule has 2 aromatic rings. The Morgan fingerprint density at radius 1 is 1.10 bits per heavy atom. The van der Waals surface area contributed by atoms with E-state index in [1.807, 2.05) is 31.2 Å². The first-order chi connectivity index (χ1) is 10.1. The molecule has 0 amide bonds. The summed E-state index contributed by atoms with van der Waals surface area (Å²) in [5.41, 5.74) is 1.71. The van der Waals surface area contributed by atoms with Gasteiger partial charge in [-0.3, -0.25) is 0 Å². The van der Waals surface area contributed by atoms with Crippen molar-refractivity contribution in [2.75, 3.05) is 13.7 Å². The standard InChI is InChI=1S/C17H21NO3/c1-12(17-15(19)7-4-8-16(17)20)18-10-9-13-5-3-6-14(11-13)21-2/h3-8,11-12,18-20H,9-10H2,1-2H3. The molecule has 21 heavy (non-hydrogen) atoms. The van der Waals surface area contributed by atoms with Crippen LogP contribution in [0, 0.1) is 0 Å². The second kappa shape index (κ2) is 6.99. The van der Waals surface area contributed by atoms with Gasteiger partial charge in [0.25, 0.3) is 0 Å². The van der Waals surface area contributed by atoms with Gasteiger partial charge >= 0.3 is 0 Å². The molecule has 2 aromatic carbocycles. The second-order valence-corrected chi connectivity index (χ2v) is 4.99. The molecular formula is C17H21NO3. The van der Waals surface area contributed by atoms with E-state index in [2.05, 4.69) is 5.32 Å². The van der Waals surface area contributed by atoms with Crippen molar-refractivity contribution in [3.63, 3.8) is 0 Å². The molecule has 1 atom stereocenters. The Hall–Kier alpha value is -2.20. The second-order valence-electron chi connectivity index (χ2n) is 4.99. The van der Waals surface area contributed by atoms with E-state index in [0.29, 0.717) is 5.56 Å². The minimum Gasteiger partial charge on any atom is -0.507 e. The van der Waals surface area contributed by atoms with Gasteiger partial charge in [-0.25, -0.2) is 0 Å². The van der Waals surface area contributed by atoms with Crippen molar-refractivity contribution in [1.29, 1.82) is 0 Å². The molecule has 4 heteroatoms. The lowest BCUT2D eigenvalue weighted by Gasteiger charge is -2.17. The van der Waals surface area contributed by atoms with Crippen LogP contribution >= 0.6 is 0 Å². The number of methoxy groups -OCH3 is 1. The molecule has 0 aliphatic rings. The minimum atomic E-state index is -0.128. The lowest BCUT2D eigenvalue weighted by Crippen LogP contribution is -2.21. The quantitative estimate of drug-likeness (QED) is 0.764. The summed E-state index contributed by atoms with van der Waals surface area (Å²) >= 11 is 0. The smallest absolute Gasteiger partial charge is 0.124 e. The molecule has 0 spiro atoms. The number of phenolic OH excluding ortho intramolecular Hbond substituents is 2. The minimum absolute atomic E-state index is 0.108. The number of rotatable bonds is 6. The lowest BCUT2D eigenvalue weighted by atomic mass is 10.1. The highest BCUT2D eigenvalue weighted by molar-refractivity contribution is 5.44. The van der Waals surface area contributed by atoms with Crippen LogP contribution in [0.2, 0.25) is 0 Å². The van der Waals surface area contributed by atoms with Gasteiger partial charge in [-0.15, -0.1) is 0 Å². The summed E-state index contributed by atoms with van der Waals surface area (Å²) in [5.74, 6) is 1.06. The Balaban J connectivity index is 1.93. The molecule has 0 radical (unpaired) electrons. The van der Waals surface area contributed by atoms with E-state index in [-0.39, 0.29) is 17.5 Å². The molecule has 0 aliphatic heterocycles. The molecule has 112 valence electrons. The average molecular weight is 287 g/mol. The first-order valence-electron chi connectivity index (χ1n) is 6.99. The summed E-state index contributed by atoms with van der Waals surface area (Å²) in [6, 6.07) is 12.6. The third-order valence-electron chi connectivity index (χ3n) is 3.49. The van der Waals surface area contributed by atoms with Crippen LogP contribution in [0.25, 0.3) is 0 Å². The Bertz CT molecular complexity index is 578. The monoisotopic (exact) mass is 287 g/mol. The van der Waals surface area contributed by atoms with Crippen LogP contribution in [0.1, 0.15) is 24.1 Å². The molecule has 0 saturated carbocycles. The maximum atomic E-state index is 9.83. The number of aromatic hydroxyl groups is 2. The van der Waals surface area contributed by atoms with Gasteiger partial charge in [-0.1, -0.05) is 18.2 Å². The SMILES string of the molecule is COc1cccc(CCNC(C)c2c(O)cccc2O)c1. The Labute approximate surface area is 125 Å². The van der Waals surface area contributed by atoms with Crippen molar-refractivity contribution in [3.05, 3.63) is 53.6 Å². The van der Waals surface area contributed by atoms with E-state index in [9.17, 15) is 10.2 Å². The highest BCUT2D eigenvalue weighted by Crippen LogP contribution is 2.31. The van der Waals surface area contributed by atoms with Crippen molar-refractivity contribution in [2.24, 2.45) is 0 Å². The molecule has 1 unspecified atom stereocenters. The molecule has 0 heterocycles. The van der Waals surface area contributed by atoms with Gasteiger partial charge in [0.2, 0.25) is 0 Å². The molecule has 2 rings (SSSR count). The van der Waals surface area contributed by atoms with Gasteiger partial charge in [0.05, 0.1) is 12.7 Å². The summed E-state index contributed by atoms with van der Waals surface area (Å²) in [5, 5.41) is 23.0. The Kier molecular flexibility index (Phi) is 5.06. The zero-order chi connectivity index (χ0) is 15.2. The van der Waals surface area contributed by atoms with E-state index in [4.69, 9.17) is 4.74 Å². The maximum absolute atomic E-state index is 9.83. The van der Waals surface area contributed by atoms with E-state index < -0.39 is 0 Å². The third-order valence-corrected chi connectivity index (χ3v) is 3.49. The van der Waals surface area contributed by atoms with Crippen LogP contribution in [0.5, 0.6) is 17.2 Å². The third kappa shape index (κ3) is 3.89. The van der Waals surface area contributed by atoms with E-state index >= 15 is 0 Å². The number of ether oxygens (including phenoxy) is 1. The van der Waals surface area contributed by atoms with Crippen LogP contribution in [-0.2, 0) is 6.42 Å². The first-order valence-corrected chi connectivity index (χ1v) is 6.99. The van der Waals surface area contributed by atoms with Crippen LogP contribution in [0.15, 0.2) is 42.5 Å². The molecular weight excluding hydrogens is 266 g/mol. The fraction of sp³-hybridized carbons (Fsp3) is 0.294. The number of hydrogen-bond donors (Lipinski definition) is 3. The Morgan fingerprint density at radius 3 is 2.43 bits per heavy atom. The molecule has 0 aromatic heterocycles. The van der Waals surface area contributed by atoms with Gasteiger partial charge in [0.15, 0.2) is 0 Å². The average Bonchev–Trinajstić information content (AvgIpc) is 2.47. The van der Waals surface area contributed by atoms with E-state index in [1.54, 1.807) is 25.3 Å². The highest BCUT2D eigenvalue weighted by Gasteiger charge is 2.14. The van der Waals surface area contributed by atoms with Crippen molar-refractivity contribution >= 4 is 0 Å². The predicted octanol–water partition coefficient (Wildman–Crippen LogP) is 3.00. The molecule has 3 N–H and O–H groups in total. The highest BCUT2D eigenvalue weighted by atomic mass is 16.5. The van der Waals surface area contributed by atoms with Gasteiger partial charge in [-0.05, 0) is 49.7 Å². The summed E-state index contributed by atoms with van der Waals surface area (Å²) in [7, 11) is 1.65. The predicted molar refractivity (Wildman–Crippen MR) is 82.9 cm³/mol. The van der Waals surface area contributed by atoms with Gasteiger partial charge in [-0.2, -0.15) is 0 Å². The van der Waals surface area contributed by atoms with Crippen LogP contribution in [0.4, 0.5) is 0 Å². The van der Waals surface area contributed by atoms with Crippen molar-refractivity contribution < 1.29 is 14.9 Å². The molecule has 0 bridgehead atoms. The van der Waals surface area contributed by atoms with E-state index in [0.717, 1.165) is 18.7 Å². The van der Waals surface area contributed by atoms with Gasteiger partial charge in [0.1, 0.15) is 17.2 Å². The lowest BCUT2D eigenvalue weighted by molar-refractivity contribution is 0.413. The van der Waals surface area contributed by atoms with Crippen molar-refractivity contribution in [1.82, 2.24) is 5.32 Å². The van der Waals surface area contributed by atoms with E-state index in [1.165, 1.54) is 5.56 Å². The molecule has 0 fully saturated rings. The van der Waals surface area contributed by atoms with Gasteiger partial charge in [0, 0.05) is 6.04 Å². The summed E-state index contributed by atoms with van der Waals surface area (Å²) < 4.78 is 5.20. The zero-order valence-corrected chi connectivity index (χ0v) is 12.3. The number of phenols is 2. The summed E-state index contributed by atoms with van der Waals surface area (Å²) in [6.07, 6.45) is 0.843. The first kappa shape index (κ1) is 15.2. The molecule has 0 aliphatic carbocycles. The number of nitrogens with one attached hydrogen (secondary N) is 1. The zero-order valence-electron chi connectivity index (χ0n) is 12.3. The molecule has 4 nitrogen and oxygen atoms in total. The fourth-order valence-corrected chi connectivity index (χ4v) is 2.35. The fourth-order valence-electron chi connectivity index (χ4n) is 2.35. The summed E-state index contributed by atoms with van der Waals surface area (Å²) in [6.45, 7) is 2.66. The normalized spacial score (nSPS) is 12.1. The maximum Gasteiger partial charge on any atom is 0.124 e. The number of benzene rings is 2. The summed E-state index contributed by atoms with van der Waals surface area (Å²) in [4.78, 5) is 0. The number of hydrogen-bond acceptors (Lipinski definition) is 4. The van der Waals surface area contributed by atoms with Crippen molar-refractivity contribution in [3.8, 4) is 17.2 Å². The largest absolute Gasteiger partial charge is 0.507 e. The Morgan fingerprint density at radius 2 is 1.76 bits per heavy atom. The van der Waals surface area contributed by atoms with Gasteiger partial charge < -0.3 is 20.3 Å². The van der Waals surface area contributed by atoms with Crippen LogP contribution in [-0.4, -0.2) is 23.9 Å². The van der Waals surface area contributed by atoms with Crippen LogP contribution < -0.4 is 10.1 Å². The van der Waals surface area contributed by atoms with Crippen LogP contribution in [0.3, 0.4) is 0 Å².